The highest BCUT2D eigenvalue weighted by atomic mass is 16.3. The van der Waals surface area contributed by atoms with Gasteiger partial charge < -0.3 is 15.7 Å². The zero-order valence-corrected chi connectivity index (χ0v) is 11.3. The first-order valence-corrected chi connectivity index (χ1v) is 6.61. The number of piperidine rings is 1. The van der Waals surface area contributed by atoms with E-state index in [9.17, 15) is 9.90 Å². The Morgan fingerprint density at radius 3 is 2.71 bits per heavy atom. The summed E-state index contributed by atoms with van der Waals surface area (Å²) >= 11 is 0. The summed E-state index contributed by atoms with van der Waals surface area (Å²) in [6, 6.07) is 0. The summed E-state index contributed by atoms with van der Waals surface area (Å²) in [6.07, 6.45) is 3.93. The Hall–Kier alpha value is -0.610. The van der Waals surface area contributed by atoms with E-state index >= 15 is 0 Å². The van der Waals surface area contributed by atoms with Crippen LogP contribution in [0.25, 0.3) is 0 Å². The van der Waals surface area contributed by atoms with E-state index in [4.69, 9.17) is 0 Å². The van der Waals surface area contributed by atoms with E-state index in [0.717, 1.165) is 38.8 Å². The van der Waals surface area contributed by atoms with Crippen LogP contribution in [0.5, 0.6) is 0 Å². The summed E-state index contributed by atoms with van der Waals surface area (Å²) in [5, 5.41) is 15.9. The van der Waals surface area contributed by atoms with E-state index in [1.165, 1.54) is 0 Å². The van der Waals surface area contributed by atoms with E-state index in [-0.39, 0.29) is 11.3 Å². The third kappa shape index (κ3) is 4.28. The maximum atomic E-state index is 12.3. The number of carbonyl (C=O) groups excluding carboxylic acids is 1. The molecule has 1 heterocycles. The maximum absolute atomic E-state index is 12.3. The monoisotopic (exact) mass is 242 g/mol. The second-order valence-corrected chi connectivity index (χ2v) is 5.81. The van der Waals surface area contributed by atoms with Crippen LogP contribution < -0.4 is 10.6 Å². The van der Waals surface area contributed by atoms with Gasteiger partial charge in [0.1, 0.15) is 0 Å². The standard InChI is InChI=1S/C13H26N2O2/c1-4-6-13(7-5-8-14-10-13)11(16)15-9-12(2,3)17/h14,17H,4-10H2,1-3H3,(H,15,16). The molecule has 4 heteroatoms. The van der Waals surface area contributed by atoms with Gasteiger partial charge in [0.2, 0.25) is 5.91 Å². The van der Waals surface area contributed by atoms with Gasteiger partial charge >= 0.3 is 0 Å². The van der Waals surface area contributed by atoms with Gasteiger partial charge in [0.25, 0.3) is 0 Å². The van der Waals surface area contributed by atoms with Crippen molar-refractivity contribution >= 4 is 5.91 Å². The minimum absolute atomic E-state index is 0.0914. The fourth-order valence-corrected chi connectivity index (χ4v) is 2.45. The lowest BCUT2D eigenvalue weighted by Crippen LogP contribution is -2.52. The molecule has 1 saturated heterocycles. The molecule has 17 heavy (non-hydrogen) atoms. The van der Waals surface area contributed by atoms with Crippen molar-refractivity contribution in [2.24, 2.45) is 5.41 Å². The van der Waals surface area contributed by atoms with Crippen LogP contribution in [0.15, 0.2) is 0 Å². The van der Waals surface area contributed by atoms with Gasteiger partial charge in [-0.15, -0.1) is 0 Å². The third-order valence-electron chi connectivity index (χ3n) is 3.36. The van der Waals surface area contributed by atoms with Gasteiger partial charge in [-0.05, 0) is 39.7 Å². The van der Waals surface area contributed by atoms with Crippen molar-refractivity contribution in [3.8, 4) is 0 Å². The molecule has 1 fully saturated rings. The molecule has 3 N–H and O–H groups in total. The van der Waals surface area contributed by atoms with E-state index in [0.29, 0.717) is 6.54 Å². The minimum atomic E-state index is -0.842. The molecule has 1 unspecified atom stereocenters. The number of rotatable bonds is 5. The molecule has 100 valence electrons. The molecule has 0 bridgehead atoms. The Balaban J connectivity index is 2.60. The summed E-state index contributed by atoms with van der Waals surface area (Å²) in [5.74, 6) is 0.0914. The fourth-order valence-electron chi connectivity index (χ4n) is 2.45. The highest BCUT2D eigenvalue weighted by molar-refractivity contribution is 5.83. The van der Waals surface area contributed by atoms with Crippen LogP contribution in [0.1, 0.15) is 46.5 Å². The van der Waals surface area contributed by atoms with Crippen LogP contribution in [-0.2, 0) is 4.79 Å². The predicted octanol–water partition coefficient (Wildman–Crippen LogP) is 1.04. The zero-order chi connectivity index (χ0) is 12.9. The fraction of sp³-hybridized carbons (Fsp3) is 0.923. The van der Waals surface area contributed by atoms with Crippen molar-refractivity contribution < 1.29 is 9.90 Å². The van der Waals surface area contributed by atoms with Crippen molar-refractivity contribution in [1.82, 2.24) is 10.6 Å². The van der Waals surface area contributed by atoms with Crippen LogP contribution in [0.4, 0.5) is 0 Å². The number of carbonyl (C=O) groups is 1. The van der Waals surface area contributed by atoms with Crippen LogP contribution in [0.2, 0.25) is 0 Å². The topological polar surface area (TPSA) is 61.4 Å². The van der Waals surface area contributed by atoms with Crippen molar-refractivity contribution in [2.75, 3.05) is 19.6 Å². The first-order chi connectivity index (χ1) is 7.90. The molecule has 0 aliphatic carbocycles. The summed E-state index contributed by atoms with van der Waals surface area (Å²) in [5.41, 5.74) is -1.11. The Bertz CT molecular complexity index is 247. The highest BCUT2D eigenvalue weighted by Gasteiger charge is 2.38. The molecule has 0 aromatic rings. The number of hydrogen-bond acceptors (Lipinski definition) is 3. The Kier molecular flexibility index (Phi) is 4.95. The Morgan fingerprint density at radius 2 is 2.24 bits per heavy atom. The Labute approximate surface area is 104 Å². The average molecular weight is 242 g/mol. The number of amides is 1. The second kappa shape index (κ2) is 5.83. The van der Waals surface area contributed by atoms with E-state index in [2.05, 4.69) is 17.6 Å². The second-order valence-electron chi connectivity index (χ2n) is 5.81. The molecule has 0 aromatic heterocycles. The molecular formula is C13H26N2O2. The zero-order valence-electron chi connectivity index (χ0n) is 11.3. The van der Waals surface area contributed by atoms with Crippen molar-refractivity contribution in [3.05, 3.63) is 0 Å². The van der Waals surface area contributed by atoms with Gasteiger partial charge in [-0.25, -0.2) is 0 Å². The predicted molar refractivity (Wildman–Crippen MR) is 68.8 cm³/mol. The van der Waals surface area contributed by atoms with E-state index in [1.54, 1.807) is 13.8 Å². The smallest absolute Gasteiger partial charge is 0.227 e. The highest BCUT2D eigenvalue weighted by Crippen LogP contribution is 2.31. The van der Waals surface area contributed by atoms with Gasteiger partial charge in [-0.2, -0.15) is 0 Å². The molecule has 0 spiro atoms. The van der Waals surface area contributed by atoms with Crippen LogP contribution in [-0.4, -0.2) is 36.2 Å². The molecule has 1 atom stereocenters. The summed E-state index contributed by atoms with van der Waals surface area (Å²) in [4.78, 5) is 12.3. The number of hydrogen-bond donors (Lipinski definition) is 3. The van der Waals surface area contributed by atoms with Crippen LogP contribution >= 0.6 is 0 Å². The molecule has 4 nitrogen and oxygen atoms in total. The van der Waals surface area contributed by atoms with Gasteiger partial charge in [0, 0.05) is 13.1 Å². The SMILES string of the molecule is CCCC1(C(=O)NCC(C)(C)O)CCCNC1. The van der Waals surface area contributed by atoms with Gasteiger partial charge in [0.05, 0.1) is 11.0 Å². The molecule has 0 saturated carbocycles. The third-order valence-corrected chi connectivity index (χ3v) is 3.36. The van der Waals surface area contributed by atoms with Crippen LogP contribution in [0.3, 0.4) is 0 Å². The lowest BCUT2D eigenvalue weighted by molar-refractivity contribution is -0.133. The lowest BCUT2D eigenvalue weighted by Gasteiger charge is -2.36. The molecular weight excluding hydrogens is 216 g/mol. The first kappa shape index (κ1) is 14.5. The molecule has 1 amide bonds. The molecule has 0 radical (unpaired) electrons. The van der Waals surface area contributed by atoms with Gasteiger partial charge in [-0.3, -0.25) is 4.79 Å². The van der Waals surface area contributed by atoms with Crippen molar-refractivity contribution in [2.45, 2.75) is 52.1 Å². The minimum Gasteiger partial charge on any atom is -0.389 e. The van der Waals surface area contributed by atoms with Crippen LogP contribution in [0, 0.1) is 5.41 Å². The quantitative estimate of drug-likeness (QED) is 0.675. The number of nitrogens with one attached hydrogen (secondary N) is 2. The first-order valence-electron chi connectivity index (χ1n) is 6.61. The van der Waals surface area contributed by atoms with E-state index < -0.39 is 5.60 Å². The summed E-state index contributed by atoms with van der Waals surface area (Å²) in [6.45, 7) is 7.61. The summed E-state index contributed by atoms with van der Waals surface area (Å²) < 4.78 is 0. The molecule has 1 aliphatic heterocycles. The van der Waals surface area contributed by atoms with Crippen molar-refractivity contribution in [3.63, 3.8) is 0 Å². The normalized spacial score (nSPS) is 25.6. The molecule has 1 rings (SSSR count). The Morgan fingerprint density at radius 1 is 1.53 bits per heavy atom. The number of aliphatic hydroxyl groups is 1. The van der Waals surface area contributed by atoms with Gasteiger partial charge in [-0.1, -0.05) is 13.3 Å². The average Bonchev–Trinajstić information content (AvgIpc) is 2.26. The molecule has 0 aromatic carbocycles. The van der Waals surface area contributed by atoms with E-state index in [1.807, 2.05) is 0 Å². The summed E-state index contributed by atoms with van der Waals surface area (Å²) in [7, 11) is 0. The van der Waals surface area contributed by atoms with Gasteiger partial charge in [0.15, 0.2) is 0 Å². The largest absolute Gasteiger partial charge is 0.389 e. The lowest BCUT2D eigenvalue weighted by atomic mass is 9.76. The maximum Gasteiger partial charge on any atom is 0.227 e. The van der Waals surface area contributed by atoms with Crippen molar-refractivity contribution in [1.29, 1.82) is 0 Å². The molecule has 1 aliphatic rings.